The fraction of sp³-hybridized carbons (Fsp3) is 0.136. The first-order valence-electron chi connectivity index (χ1n) is 9.66. The molecule has 3 heterocycles. The topological polar surface area (TPSA) is 125 Å². The minimum Gasteiger partial charge on any atom is -0.384 e. The zero-order valence-corrected chi connectivity index (χ0v) is 17.8. The number of fused-ring (bicyclic) bond motifs is 1. The van der Waals surface area contributed by atoms with Crippen molar-refractivity contribution in [2.75, 3.05) is 5.73 Å². The lowest BCUT2D eigenvalue weighted by Gasteiger charge is -2.12. The summed E-state index contributed by atoms with van der Waals surface area (Å²) >= 11 is 6.02. The average molecular weight is 451 g/mol. The molecule has 1 amide bonds. The van der Waals surface area contributed by atoms with Crippen molar-refractivity contribution >= 4 is 34.2 Å². The first kappa shape index (κ1) is 21.3. The molecule has 32 heavy (non-hydrogen) atoms. The molecule has 4 aromatic rings. The maximum atomic E-state index is 13.1. The number of nitrogens with one attached hydrogen (secondary N) is 1. The number of aromatic nitrogens is 4. The molecule has 0 atom stereocenters. The minimum absolute atomic E-state index is 0.0516. The number of nitrogens with zero attached hydrogens (tertiary/aromatic N) is 4. The third-order valence-electron chi connectivity index (χ3n) is 5.00. The monoisotopic (exact) mass is 450 g/mol. The number of amides is 1. The Balaban J connectivity index is 1.68. The molecule has 3 aromatic heterocycles. The van der Waals surface area contributed by atoms with E-state index in [4.69, 9.17) is 17.3 Å². The number of anilines is 1. The number of aryl methyl sites for hydroxylation is 1. The van der Waals surface area contributed by atoms with Crippen LogP contribution >= 0.6 is 11.6 Å². The second kappa shape index (κ2) is 8.64. The number of nitrogen functional groups attached to an aromatic ring is 1. The maximum absolute atomic E-state index is 13.1. The van der Waals surface area contributed by atoms with Crippen LogP contribution in [0.3, 0.4) is 0 Å². The Morgan fingerprint density at radius 3 is 2.62 bits per heavy atom. The minimum atomic E-state index is -0.512. The van der Waals surface area contributed by atoms with Gasteiger partial charge in [0.25, 0.3) is 11.5 Å². The number of carbonyl (C=O) groups is 1. The van der Waals surface area contributed by atoms with Gasteiger partial charge in [-0.1, -0.05) is 29.8 Å². The Labute approximate surface area is 187 Å². The number of hydrogen-bond acceptors (Lipinski definition) is 6. The first-order chi connectivity index (χ1) is 15.3. The highest BCUT2D eigenvalue weighted by molar-refractivity contribution is 6.30. The third-order valence-corrected chi connectivity index (χ3v) is 5.24. The van der Waals surface area contributed by atoms with E-state index in [1.54, 1.807) is 49.6 Å². The lowest BCUT2D eigenvalue weighted by Crippen LogP contribution is -2.39. The summed E-state index contributed by atoms with van der Waals surface area (Å²) < 4.78 is 2.44. The Kier molecular flexibility index (Phi) is 5.74. The van der Waals surface area contributed by atoms with Gasteiger partial charge >= 0.3 is 5.69 Å². The van der Waals surface area contributed by atoms with Gasteiger partial charge in [0.15, 0.2) is 0 Å². The highest BCUT2D eigenvalue weighted by Crippen LogP contribution is 2.12. The van der Waals surface area contributed by atoms with Crippen LogP contribution in [0.15, 0.2) is 64.4 Å². The van der Waals surface area contributed by atoms with Crippen molar-refractivity contribution in [1.82, 2.24) is 24.4 Å². The molecule has 1 aromatic carbocycles. The summed E-state index contributed by atoms with van der Waals surface area (Å²) in [5.41, 5.74) is 6.43. The van der Waals surface area contributed by atoms with Crippen molar-refractivity contribution < 1.29 is 4.79 Å². The average Bonchev–Trinajstić information content (AvgIpc) is 2.79. The summed E-state index contributed by atoms with van der Waals surface area (Å²) in [5, 5.41) is 3.45. The van der Waals surface area contributed by atoms with Crippen LogP contribution in [0.2, 0.25) is 5.02 Å². The standard InChI is InChI=1S/C22H19ClN6O3/c1-28-18-11-25-17(20(30)27-10-14-5-6-19(24)26-9-14)8-16(18)21(31)29(22(28)32)12-13-3-2-4-15(23)7-13/h2-9,11H,10,12H2,1H3,(H2,24,26)(H,27,30). The van der Waals surface area contributed by atoms with Gasteiger partial charge in [0.2, 0.25) is 0 Å². The Bertz CT molecular complexity index is 1440. The quantitative estimate of drug-likeness (QED) is 0.476. The summed E-state index contributed by atoms with van der Waals surface area (Å²) in [6.45, 7) is 0.272. The molecule has 0 unspecified atom stereocenters. The van der Waals surface area contributed by atoms with Crippen LogP contribution in [0.5, 0.6) is 0 Å². The van der Waals surface area contributed by atoms with E-state index in [0.717, 1.165) is 10.1 Å². The van der Waals surface area contributed by atoms with Crippen LogP contribution < -0.4 is 22.3 Å². The molecule has 0 fully saturated rings. The largest absolute Gasteiger partial charge is 0.384 e. The predicted molar refractivity (Wildman–Crippen MR) is 122 cm³/mol. The van der Waals surface area contributed by atoms with E-state index < -0.39 is 17.2 Å². The van der Waals surface area contributed by atoms with Crippen LogP contribution in [0.1, 0.15) is 21.6 Å². The number of pyridine rings is 2. The van der Waals surface area contributed by atoms with E-state index in [1.165, 1.54) is 16.8 Å². The molecule has 0 bridgehead atoms. The van der Waals surface area contributed by atoms with E-state index in [9.17, 15) is 14.4 Å². The maximum Gasteiger partial charge on any atom is 0.331 e. The van der Waals surface area contributed by atoms with Crippen molar-refractivity contribution in [2.45, 2.75) is 13.1 Å². The van der Waals surface area contributed by atoms with Gasteiger partial charge in [-0.05, 0) is 35.4 Å². The molecule has 0 saturated carbocycles. The fourth-order valence-electron chi connectivity index (χ4n) is 3.30. The van der Waals surface area contributed by atoms with E-state index in [-0.39, 0.29) is 24.2 Å². The molecular formula is C22H19ClN6O3. The van der Waals surface area contributed by atoms with Crippen LogP contribution in [0.4, 0.5) is 5.82 Å². The van der Waals surface area contributed by atoms with Crippen molar-refractivity contribution in [3.8, 4) is 0 Å². The Hall–Kier alpha value is -3.98. The van der Waals surface area contributed by atoms with Gasteiger partial charge in [0, 0.05) is 24.8 Å². The smallest absolute Gasteiger partial charge is 0.331 e. The first-order valence-corrected chi connectivity index (χ1v) is 10.0. The summed E-state index contributed by atoms with van der Waals surface area (Å²) in [7, 11) is 1.55. The number of hydrogen-bond donors (Lipinski definition) is 2. The third kappa shape index (κ3) is 4.23. The van der Waals surface area contributed by atoms with Crippen LogP contribution in [-0.2, 0) is 20.1 Å². The van der Waals surface area contributed by atoms with Crippen molar-refractivity contribution in [3.05, 3.63) is 97.5 Å². The van der Waals surface area contributed by atoms with E-state index in [0.29, 0.717) is 21.9 Å². The second-order valence-electron chi connectivity index (χ2n) is 7.22. The number of halogens is 1. The van der Waals surface area contributed by atoms with Crippen LogP contribution in [0, 0.1) is 0 Å². The summed E-state index contributed by atoms with van der Waals surface area (Å²) in [4.78, 5) is 46.6. The lowest BCUT2D eigenvalue weighted by molar-refractivity contribution is 0.0946. The summed E-state index contributed by atoms with van der Waals surface area (Å²) in [6.07, 6.45) is 2.91. The lowest BCUT2D eigenvalue weighted by atomic mass is 10.2. The Morgan fingerprint density at radius 1 is 1.09 bits per heavy atom. The van der Waals surface area contributed by atoms with Gasteiger partial charge < -0.3 is 11.1 Å². The molecule has 4 rings (SSSR count). The van der Waals surface area contributed by atoms with E-state index in [2.05, 4.69) is 15.3 Å². The Morgan fingerprint density at radius 2 is 1.91 bits per heavy atom. The summed E-state index contributed by atoms with van der Waals surface area (Å²) in [6, 6.07) is 11.7. The molecule has 10 heteroatoms. The van der Waals surface area contributed by atoms with E-state index >= 15 is 0 Å². The van der Waals surface area contributed by atoms with Gasteiger partial charge in [0.1, 0.15) is 11.5 Å². The van der Waals surface area contributed by atoms with Crippen molar-refractivity contribution in [1.29, 1.82) is 0 Å². The normalized spacial score (nSPS) is 10.9. The molecule has 0 aliphatic carbocycles. The number of nitrogens with two attached hydrogens (primary N) is 1. The molecule has 0 radical (unpaired) electrons. The number of carbonyl (C=O) groups excluding carboxylic acids is 1. The van der Waals surface area contributed by atoms with Gasteiger partial charge in [-0.3, -0.25) is 18.7 Å². The SMILES string of the molecule is Cn1c(=O)n(Cc2cccc(Cl)c2)c(=O)c2cc(C(=O)NCc3ccc(N)nc3)ncc21. The zero-order valence-electron chi connectivity index (χ0n) is 17.1. The summed E-state index contributed by atoms with van der Waals surface area (Å²) in [5.74, 6) is -0.0747. The van der Waals surface area contributed by atoms with Crippen LogP contribution in [-0.4, -0.2) is 25.0 Å². The molecule has 3 N–H and O–H groups in total. The van der Waals surface area contributed by atoms with Gasteiger partial charge in [0.05, 0.1) is 23.6 Å². The number of benzene rings is 1. The molecule has 0 spiro atoms. The molecule has 162 valence electrons. The highest BCUT2D eigenvalue weighted by Gasteiger charge is 2.15. The van der Waals surface area contributed by atoms with Gasteiger partial charge in [-0.25, -0.2) is 14.8 Å². The molecule has 0 aliphatic rings. The van der Waals surface area contributed by atoms with Crippen LogP contribution in [0.25, 0.3) is 10.9 Å². The molecule has 0 saturated heterocycles. The second-order valence-corrected chi connectivity index (χ2v) is 7.66. The van der Waals surface area contributed by atoms with E-state index in [1.807, 2.05) is 0 Å². The zero-order chi connectivity index (χ0) is 22.8. The molecular weight excluding hydrogens is 432 g/mol. The highest BCUT2D eigenvalue weighted by atomic mass is 35.5. The molecule has 0 aliphatic heterocycles. The van der Waals surface area contributed by atoms with Gasteiger partial charge in [-0.15, -0.1) is 0 Å². The van der Waals surface area contributed by atoms with Crippen molar-refractivity contribution in [2.24, 2.45) is 7.05 Å². The predicted octanol–water partition coefficient (Wildman–Crippen LogP) is 1.70. The van der Waals surface area contributed by atoms with Gasteiger partial charge in [-0.2, -0.15) is 0 Å². The molecule has 9 nitrogen and oxygen atoms in total. The fourth-order valence-corrected chi connectivity index (χ4v) is 3.51. The number of rotatable bonds is 5. The van der Waals surface area contributed by atoms with Crippen molar-refractivity contribution in [3.63, 3.8) is 0 Å².